The molecule has 0 atom stereocenters. The highest BCUT2D eigenvalue weighted by Crippen LogP contribution is 2.29. The van der Waals surface area contributed by atoms with Crippen LogP contribution in [0.5, 0.6) is 0 Å². The molecule has 2 heteroatoms. The van der Waals surface area contributed by atoms with E-state index in [0.717, 1.165) is 31.8 Å². The van der Waals surface area contributed by atoms with Gasteiger partial charge in [0.05, 0.1) is 0 Å². The van der Waals surface area contributed by atoms with Crippen LogP contribution >= 0.6 is 0 Å². The molecule has 13 heavy (non-hydrogen) atoms. The van der Waals surface area contributed by atoms with E-state index in [2.05, 4.69) is 13.8 Å². The van der Waals surface area contributed by atoms with Gasteiger partial charge >= 0.3 is 0 Å². The van der Waals surface area contributed by atoms with E-state index in [1.165, 1.54) is 6.42 Å². The van der Waals surface area contributed by atoms with Gasteiger partial charge in [0.2, 0.25) is 0 Å². The standard InChI is InChI=1S/C11H20O2/c1-9(2)4-3-7-13-8-11(12)10-5-6-10/h9-10H,3-8H2,1-2H3. The van der Waals surface area contributed by atoms with Crippen molar-refractivity contribution in [3.63, 3.8) is 0 Å². The Kier molecular flexibility index (Phi) is 4.43. The minimum Gasteiger partial charge on any atom is -0.374 e. The lowest BCUT2D eigenvalue weighted by atomic mass is 10.1. The fourth-order valence-corrected chi connectivity index (χ4v) is 1.29. The second-order valence-electron chi connectivity index (χ2n) is 4.33. The van der Waals surface area contributed by atoms with Gasteiger partial charge in [0.25, 0.3) is 0 Å². The number of ketones is 1. The minimum absolute atomic E-state index is 0.310. The number of carbonyl (C=O) groups excluding carboxylic acids is 1. The zero-order chi connectivity index (χ0) is 9.68. The number of carbonyl (C=O) groups is 1. The molecule has 0 aliphatic heterocycles. The normalized spacial score (nSPS) is 16.5. The summed E-state index contributed by atoms with van der Waals surface area (Å²) in [4.78, 5) is 11.2. The van der Waals surface area contributed by atoms with Crippen molar-refractivity contribution in [3.8, 4) is 0 Å². The average Bonchev–Trinajstić information content (AvgIpc) is 2.85. The Bertz CT molecular complexity index is 159. The Balaban J connectivity index is 1.86. The number of hydrogen-bond donors (Lipinski definition) is 0. The van der Waals surface area contributed by atoms with E-state index in [4.69, 9.17) is 4.74 Å². The third-order valence-electron chi connectivity index (χ3n) is 2.35. The van der Waals surface area contributed by atoms with Crippen molar-refractivity contribution in [2.75, 3.05) is 13.2 Å². The third kappa shape index (κ3) is 5.04. The lowest BCUT2D eigenvalue weighted by Crippen LogP contribution is -2.11. The van der Waals surface area contributed by atoms with E-state index in [9.17, 15) is 4.79 Å². The summed E-state index contributed by atoms with van der Waals surface area (Å²) in [7, 11) is 0. The molecule has 0 amide bonds. The lowest BCUT2D eigenvalue weighted by molar-refractivity contribution is -0.124. The Morgan fingerprint density at radius 2 is 2.15 bits per heavy atom. The van der Waals surface area contributed by atoms with Crippen molar-refractivity contribution < 1.29 is 9.53 Å². The number of ether oxygens (including phenoxy) is 1. The van der Waals surface area contributed by atoms with Crippen LogP contribution in [0.25, 0.3) is 0 Å². The molecule has 0 radical (unpaired) electrons. The molecule has 0 aromatic rings. The summed E-state index contributed by atoms with van der Waals surface area (Å²) in [5.41, 5.74) is 0. The van der Waals surface area contributed by atoms with Crippen LogP contribution in [0.3, 0.4) is 0 Å². The molecule has 1 aliphatic rings. The van der Waals surface area contributed by atoms with Crippen LogP contribution in [0.2, 0.25) is 0 Å². The zero-order valence-electron chi connectivity index (χ0n) is 8.71. The highest BCUT2D eigenvalue weighted by molar-refractivity contribution is 5.84. The Morgan fingerprint density at radius 3 is 2.69 bits per heavy atom. The first-order valence-electron chi connectivity index (χ1n) is 5.30. The van der Waals surface area contributed by atoms with Crippen molar-refractivity contribution in [3.05, 3.63) is 0 Å². The van der Waals surface area contributed by atoms with Crippen LogP contribution < -0.4 is 0 Å². The van der Waals surface area contributed by atoms with Gasteiger partial charge in [-0.2, -0.15) is 0 Å². The fraction of sp³-hybridized carbons (Fsp3) is 0.909. The SMILES string of the molecule is CC(C)CCCOCC(=O)C1CC1. The first-order chi connectivity index (χ1) is 6.20. The van der Waals surface area contributed by atoms with Crippen LogP contribution in [0.15, 0.2) is 0 Å². The average molecular weight is 184 g/mol. The van der Waals surface area contributed by atoms with Gasteiger partial charge in [-0.05, 0) is 31.6 Å². The molecule has 2 nitrogen and oxygen atoms in total. The van der Waals surface area contributed by atoms with E-state index in [0.29, 0.717) is 18.3 Å². The van der Waals surface area contributed by atoms with Crippen molar-refractivity contribution >= 4 is 5.78 Å². The predicted octanol–water partition coefficient (Wildman–Crippen LogP) is 2.42. The molecule has 0 heterocycles. The first kappa shape index (κ1) is 10.7. The van der Waals surface area contributed by atoms with Crippen molar-refractivity contribution in [1.29, 1.82) is 0 Å². The second kappa shape index (κ2) is 5.38. The van der Waals surface area contributed by atoms with E-state index in [1.54, 1.807) is 0 Å². The van der Waals surface area contributed by atoms with Gasteiger partial charge in [-0.1, -0.05) is 13.8 Å². The highest BCUT2D eigenvalue weighted by atomic mass is 16.5. The largest absolute Gasteiger partial charge is 0.374 e. The molecule has 0 aromatic carbocycles. The molecule has 1 aliphatic carbocycles. The van der Waals surface area contributed by atoms with Gasteiger partial charge in [0, 0.05) is 12.5 Å². The quantitative estimate of drug-likeness (QED) is 0.568. The van der Waals surface area contributed by atoms with Gasteiger partial charge in [-0.3, -0.25) is 4.79 Å². The van der Waals surface area contributed by atoms with Crippen molar-refractivity contribution in [2.45, 2.75) is 39.5 Å². The Morgan fingerprint density at radius 1 is 1.46 bits per heavy atom. The molecule has 0 unspecified atom stereocenters. The van der Waals surface area contributed by atoms with E-state index in [-0.39, 0.29) is 0 Å². The number of rotatable bonds is 7. The highest BCUT2D eigenvalue weighted by Gasteiger charge is 2.28. The summed E-state index contributed by atoms with van der Waals surface area (Å²) in [6.07, 6.45) is 4.45. The van der Waals surface area contributed by atoms with Crippen LogP contribution in [0.1, 0.15) is 39.5 Å². The molecule has 0 spiro atoms. The summed E-state index contributed by atoms with van der Waals surface area (Å²) in [6.45, 7) is 5.50. The maximum atomic E-state index is 11.2. The topological polar surface area (TPSA) is 26.3 Å². The Hall–Kier alpha value is -0.370. The van der Waals surface area contributed by atoms with Gasteiger partial charge in [-0.15, -0.1) is 0 Å². The Labute approximate surface area is 80.7 Å². The smallest absolute Gasteiger partial charge is 0.161 e. The monoisotopic (exact) mass is 184 g/mol. The molecular formula is C11H20O2. The van der Waals surface area contributed by atoms with Gasteiger partial charge in [-0.25, -0.2) is 0 Å². The molecule has 0 N–H and O–H groups in total. The molecule has 0 bridgehead atoms. The molecule has 1 saturated carbocycles. The zero-order valence-corrected chi connectivity index (χ0v) is 8.71. The molecular weight excluding hydrogens is 164 g/mol. The molecule has 1 fully saturated rings. The molecule has 1 rings (SSSR count). The van der Waals surface area contributed by atoms with Crippen LogP contribution in [-0.2, 0) is 9.53 Å². The summed E-state index contributed by atoms with van der Waals surface area (Å²) >= 11 is 0. The number of Topliss-reactive ketones (excluding diaryl/α,β-unsaturated/α-hetero) is 1. The molecule has 76 valence electrons. The van der Waals surface area contributed by atoms with Gasteiger partial charge in [0.15, 0.2) is 5.78 Å². The van der Waals surface area contributed by atoms with Gasteiger partial charge in [0.1, 0.15) is 6.61 Å². The van der Waals surface area contributed by atoms with Gasteiger partial charge < -0.3 is 4.74 Å². The summed E-state index contributed by atoms with van der Waals surface area (Å²) in [5, 5.41) is 0. The lowest BCUT2D eigenvalue weighted by Gasteiger charge is -2.04. The number of hydrogen-bond acceptors (Lipinski definition) is 2. The second-order valence-corrected chi connectivity index (χ2v) is 4.33. The summed E-state index contributed by atoms with van der Waals surface area (Å²) in [5.74, 6) is 1.40. The molecule has 0 saturated heterocycles. The van der Waals surface area contributed by atoms with E-state index in [1.807, 2.05) is 0 Å². The van der Waals surface area contributed by atoms with Crippen LogP contribution in [0.4, 0.5) is 0 Å². The first-order valence-corrected chi connectivity index (χ1v) is 5.30. The van der Waals surface area contributed by atoms with Crippen LogP contribution in [0, 0.1) is 11.8 Å². The summed E-state index contributed by atoms with van der Waals surface area (Å²) in [6, 6.07) is 0. The predicted molar refractivity (Wildman–Crippen MR) is 52.6 cm³/mol. The van der Waals surface area contributed by atoms with E-state index >= 15 is 0 Å². The third-order valence-corrected chi connectivity index (χ3v) is 2.35. The maximum absolute atomic E-state index is 11.2. The minimum atomic E-state index is 0.310. The van der Waals surface area contributed by atoms with Crippen molar-refractivity contribution in [2.24, 2.45) is 11.8 Å². The van der Waals surface area contributed by atoms with Crippen LogP contribution in [-0.4, -0.2) is 19.0 Å². The van der Waals surface area contributed by atoms with Crippen molar-refractivity contribution in [1.82, 2.24) is 0 Å². The summed E-state index contributed by atoms with van der Waals surface area (Å²) < 4.78 is 5.30. The molecule has 0 aromatic heterocycles. The maximum Gasteiger partial charge on any atom is 0.161 e. The fourth-order valence-electron chi connectivity index (χ4n) is 1.29. The van der Waals surface area contributed by atoms with E-state index < -0.39 is 0 Å².